The molecule has 0 aliphatic rings. The molecular weight excluding hydrogens is 212 g/mol. The molecule has 2 N–H and O–H groups in total. The summed E-state index contributed by atoms with van der Waals surface area (Å²) in [6.45, 7) is 8.33. The molecule has 1 aromatic rings. The number of aryl methyl sites for hydroxylation is 1. The summed E-state index contributed by atoms with van der Waals surface area (Å²) in [7, 11) is 1.71. The van der Waals surface area contributed by atoms with E-state index in [4.69, 9.17) is 10.5 Å². The number of nitrogens with zero attached hydrogens (tertiary/aromatic N) is 1. The van der Waals surface area contributed by atoms with Crippen LogP contribution in [-0.4, -0.2) is 18.1 Å². The second-order valence-electron chi connectivity index (χ2n) is 4.78. The topological polar surface area (TPSA) is 48.1 Å². The van der Waals surface area contributed by atoms with Crippen molar-refractivity contribution >= 4 is 0 Å². The summed E-state index contributed by atoms with van der Waals surface area (Å²) in [6, 6.07) is 0.202. The Labute approximate surface area is 104 Å². The molecule has 0 bridgehead atoms. The third-order valence-corrected chi connectivity index (χ3v) is 3.47. The molecular formula is C14H24N2O. The van der Waals surface area contributed by atoms with E-state index in [0.29, 0.717) is 5.92 Å². The minimum Gasteiger partial charge on any atom is -0.496 e. The van der Waals surface area contributed by atoms with Crippen LogP contribution in [0.1, 0.15) is 37.1 Å². The maximum Gasteiger partial charge on any atom is 0.128 e. The molecule has 3 nitrogen and oxygen atoms in total. The van der Waals surface area contributed by atoms with Crippen LogP contribution in [0.4, 0.5) is 0 Å². The van der Waals surface area contributed by atoms with Crippen LogP contribution in [0.3, 0.4) is 0 Å². The highest BCUT2D eigenvalue weighted by molar-refractivity contribution is 5.41. The van der Waals surface area contributed by atoms with E-state index >= 15 is 0 Å². The van der Waals surface area contributed by atoms with Gasteiger partial charge in [0.15, 0.2) is 0 Å². The predicted octanol–water partition coefficient (Wildman–Crippen LogP) is 2.62. The van der Waals surface area contributed by atoms with Gasteiger partial charge in [0.1, 0.15) is 5.75 Å². The summed E-state index contributed by atoms with van der Waals surface area (Å²) in [5.41, 5.74) is 9.33. The Kier molecular flexibility index (Phi) is 4.94. The molecule has 1 rings (SSSR count). The Balaban J connectivity index is 2.99. The number of rotatable bonds is 5. The van der Waals surface area contributed by atoms with Crippen molar-refractivity contribution in [3.63, 3.8) is 0 Å². The quantitative estimate of drug-likeness (QED) is 0.855. The van der Waals surface area contributed by atoms with Crippen LogP contribution in [0.15, 0.2) is 6.20 Å². The second kappa shape index (κ2) is 6.01. The van der Waals surface area contributed by atoms with Crippen LogP contribution in [0.5, 0.6) is 5.75 Å². The summed E-state index contributed by atoms with van der Waals surface area (Å²) in [6.07, 6.45) is 3.89. The van der Waals surface area contributed by atoms with E-state index < -0.39 is 0 Å². The minimum absolute atomic E-state index is 0.202. The van der Waals surface area contributed by atoms with Crippen molar-refractivity contribution in [2.45, 2.75) is 46.6 Å². The fourth-order valence-electron chi connectivity index (χ4n) is 2.23. The van der Waals surface area contributed by atoms with E-state index in [9.17, 15) is 0 Å². The lowest BCUT2D eigenvalue weighted by atomic mass is 9.91. The number of hydrogen-bond acceptors (Lipinski definition) is 3. The molecule has 0 amide bonds. The molecule has 17 heavy (non-hydrogen) atoms. The van der Waals surface area contributed by atoms with Crippen molar-refractivity contribution in [3.05, 3.63) is 23.0 Å². The highest BCUT2D eigenvalue weighted by Gasteiger charge is 2.16. The molecule has 0 aliphatic heterocycles. The molecule has 2 unspecified atom stereocenters. The van der Waals surface area contributed by atoms with Gasteiger partial charge in [-0.1, -0.05) is 13.3 Å². The van der Waals surface area contributed by atoms with Gasteiger partial charge in [-0.05, 0) is 33.1 Å². The molecule has 1 aromatic heterocycles. The zero-order valence-corrected chi connectivity index (χ0v) is 11.6. The highest BCUT2D eigenvalue weighted by Crippen LogP contribution is 2.26. The van der Waals surface area contributed by atoms with Crippen molar-refractivity contribution in [1.82, 2.24) is 4.98 Å². The van der Waals surface area contributed by atoms with Crippen LogP contribution in [0.2, 0.25) is 0 Å². The summed E-state index contributed by atoms with van der Waals surface area (Å²) in [5.74, 6) is 1.43. The molecule has 3 heteroatoms. The number of nitrogens with two attached hydrogens (primary N) is 1. The number of methoxy groups -OCH3 is 1. The average molecular weight is 236 g/mol. The van der Waals surface area contributed by atoms with E-state index in [1.807, 2.05) is 13.1 Å². The largest absolute Gasteiger partial charge is 0.496 e. The standard InChI is InChI=1S/C14H24N2O/c1-6-12(11(4)15)7-13-10(3)14(17-5)9(2)8-16-13/h8,11-12H,6-7,15H2,1-5H3. The summed E-state index contributed by atoms with van der Waals surface area (Å²) in [4.78, 5) is 4.52. The number of hydrogen-bond donors (Lipinski definition) is 1. The summed E-state index contributed by atoms with van der Waals surface area (Å²) >= 11 is 0. The smallest absolute Gasteiger partial charge is 0.128 e. The average Bonchev–Trinajstić information content (AvgIpc) is 2.28. The van der Waals surface area contributed by atoms with Crippen LogP contribution in [-0.2, 0) is 6.42 Å². The van der Waals surface area contributed by atoms with Crippen molar-refractivity contribution in [2.24, 2.45) is 11.7 Å². The van der Waals surface area contributed by atoms with Crippen LogP contribution in [0.25, 0.3) is 0 Å². The Morgan fingerprint density at radius 1 is 1.41 bits per heavy atom. The number of pyridine rings is 1. The lowest BCUT2D eigenvalue weighted by Gasteiger charge is -2.20. The maximum atomic E-state index is 5.99. The Morgan fingerprint density at radius 3 is 2.53 bits per heavy atom. The lowest BCUT2D eigenvalue weighted by Crippen LogP contribution is -2.28. The zero-order valence-electron chi connectivity index (χ0n) is 11.6. The van der Waals surface area contributed by atoms with Gasteiger partial charge in [0.05, 0.1) is 7.11 Å². The molecule has 2 atom stereocenters. The van der Waals surface area contributed by atoms with Gasteiger partial charge < -0.3 is 10.5 Å². The fourth-order valence-corrected chi connectivity index (χ4v) is 2.23. The van der Waals surface area contributed by atoms with Gasteiger partial charge in [0, 0.05) is 29.1 Å². The third-order valence-electron chi connectivity index (χ3n) is 3.47. The number of aromatic nitrogens is 1. The first-order valence-corrected chi connectivity index (χ1v) is 6.25. The highest BCUT2D eigenvalue weighted by atomic mass is 16.5. The lowest BCUT2D eigenvalue weighted by molar-refractivity contribution is 0.400. The normalized spacial score (nSPS) is 14.5. The van der Waals surface area contributed by atoms with Gasteiger partial charge in [-0.2, -0.15) is 0 Å². The van der Waals surface area contributed by atoms with Gasteiger partial charge in [0.2, 0.25) is 0 Å². The maximum absolute atomic E-state index is 5.99. The van der Waals surface area contributed by atoms with E-state index in [2.05, 4.69) is 25.8 Å². The van der Waals surface area contributed by atoms with E-state index in [1.165, 1.54) is 0 Å². The molecule has 0 saturated carbocycles. The first-order valence-electron chi connectivity index (χ1n) is 6.25. The van der Waals surface area contributed by atoms with Crippen LogP contribution < -0.4 is 10.5 Å². The first-order chi connectivity index (χ1) is 8.01. The molecule has 0 fully saturated rings. The van der Waals surface area contributed by atoms with Crippen molar-refractivity contribution in [1.29, 1.82) is 0 Å². The predicted molar refractivity (Wildman–Crippen MR) is 71.4 cm³/mol. The van der Waals surface area contributed by atoms with Gasteiger partial charge in [-0.25, -0.2) is 0 Å². The van der Waals surface area contributed by atoms with Crippen molar-refractivity contribution in [2.75, 3.05) is 7.11 Å². The van der Waals surface area contributed by atoms with Gasteiger partial charge in [0.25, 0.3) is 0 Å². The fraction of sp³-hybridized carbons (Fsp3) is 0.643. The van der Waals surface area contributed by atoms with E-state index in [1.54, 1.807) is 7.11 Å². The van der Waals surface area contributed by atoms with Crippen LogP contribution in [0, 0.1) is 19.8 Å². The Bertz CT molecular complexity index is 375. The molecule has 0 aromatic carbocycles. The van der Waals surface area contributed by atoms with E-state index in [-0.39, 0.29) is 6.04 Å². The molecule has 0 aliphatic carbocycles. The Hall–Kier alpha value is -1.09. The van der Waals surface area contributed by atoms with Crippen molar-refractivity contribution < 1.29 is 4.74 Å². The van der Waals surface area contributed by atoms with E-state index in [0.717, 1.165) is 35.4 Å². The molecule has 0 radical (unpaired) electrons. The first kappa shape index (κ1) is 14.0. The monoisotopic (exact) mass is 236 g/mol. The van der Waals surface area contributed by atoms with Gasteiger partial charge in [-0.15, -0.1) is 0 Å². The van der Waals surface area contributed by atoms with Gasteiger partial charge >= 0.3 is 0 Å². The molecule has 0 saturated heterocycles. The Morgan fingerprint density at radius 2 is 2.06 bits per heavy atom. The molecule has 1 heterocycles. The van der Waals surface area contributed by atoms with Crippen molar-refractivity contribution in [3.8, 4) is 5.75 Å². The summed E-state index contributed by atoms with van der Waals surface area (Å²) < 4.78 is 5.42. The molecule has 0 spiro atoms. The number of ether oxygens (including phenoxy) is 1. The minimum atomic E-state index is 0.202. The molecule has 96 valence electrons. The third kappa shape index (κ3) is 3.19. The SMILES string of the molecule is CCC(Cc1ncc(C)c(OC)c1C)C(C)N. The van der Waals surface area contributed by atoms with Gasteiger partial charge in [-0.3, -0.25) is 4.98 Å². The summed E-state index contributed by atoms with van der Waals surface area (Å²) in [5, 5.41) is 0. The zero-order chi connectivity index (χ0) is 13.0. The second-order valence-corrected chi connectivity index (χ2v) is 4.78. The van der Waals surface area contributed by atoms with Crippen LogP contribution >= 0.6 is 0 Å².